The van der Waals surface area contributed by atoms with Crippen molar-refractivity contribution in [1.29, 1.82) is 0 Å². The highest BCUT2D eigenvalue weighted by Crippen LogP contribution is 2.46. The summed E-state index contributed by atoms with van der Waals surface area (Å²) in [6.45, 7) is 0. The van der Waals surface area contributed by atoms with Crippen LogP contribution >= 0.6 is 0 Å². The van der Waals surface area contributed by atoms with Gasteiger partial charge in [0.15, 0.2) is 0 Å². The number of rotatable bonds is 1. The van der Waals surface area contributed by atoms with Gasteiger partial charge in [-0.1, -0.05) is 12.8 Å². The summed E-state index contributed by atoms with van der Waals surface area (Å²) in [5, 5.41) is 0. The second-order valence-electron chi connectivity index (χ2n) is 4.45. The molecule has 3 nitrogen and oxygen atoms in total. The molecule has 0 spiro atoms. The zero-order valence-corrected chi connectivity index (χ0v) is 8.08. The fourth-order valence-electron chi connectivity index (χ4n) is 2.97. The summed E-state index contributed by atoms with van der Waals surface area (Å²) in [5.41, 5.74) is 5.47. The molecule has 0 aromatic rings. The van der Waals surface area contributed by atoms with Crippen molar-refractivity contribution in [2.75, 3.05) is 7.11 Å². The largest absolute Gasteiger partial charge is 0.468 e. The highest BCUT2D eigenvalue weighted by atomic mass is 16.5. The summed E-state index contributed by atoms with van der Waals surface area (Å²) in [7, 11) is 1.43. The monoisotopic (exact) mass is 183 g/mol. The first kappa shape index (κ1) is 9.00. The molecule has 1 atom stereocenters. The first-order chi connectivity index (χ1) is 6.16. The normalized spacial score (nSPS) is 43.2. The average molecular weight is 183 g/mol. The number of ether oxygens (including phenoxy) is 1. The van der Waals surface area contributed by atoms with Gasteiger partial charge in [0, 0.05) is 0 Å². The molecule has 0 radical (unpaired) electrons. The topological polar surface area (TPSA) is 52.3 Å². The van der Waals surface area contributed by atoms with Gasteiger partial charge in [0.1, 0.15) is 5.54 Å². The van der Waals surface area contributed by atoms with Gasteiger partial charge in [-0.15, -0.1) is 0 Å². The predicted molar refractivity (Wildman–Crippen MR) is 49.0 cm³/mol. The highest BCUT2D eigenvalue weighted by Gasteiger charge is 2.50. The Morgan fingerprint density at radius 3 is 2.38 bits per heavy atom. The fourth-order valence-corrected chi connectivity index (χ4v) is 2.97. The lowest BCUT2D eigenvalue weighted by molar-refractivity contribution is -0.154. The Kier molecular flexibility index (Phi) is 2.06. The predicted octanol–water partition coefficient (Wildman–Crippen LogP) is 1.07. The molecule has 13 heavy (non-hydrogen) atoms. The Balaban J connectivity index is 2.18. The number of methoxy groups -OCH3 is 1. The summed E-state index contributed by atoms with van der Waals surface area (Å²) in [6, 6.07) is 0. The van der Waals surface area contributed by atoms with Crippen molar-refractivity contribution in [3.8, 4) is 0 Å². The lowest BCUT2D eigenvalue weighted by atomic mass is 9.61. The van der Waals surface area contributed by atoms with Crippen LogP contribution in [0.5, 0.6) is 0 Å². The third-order valence-corrected chi connectivity index (χ3v) is 3.77. The van der Waals surface area contributed by atoms with Crippen molar-refractivity contribution in [2.45, 2.75) is 37.6 Å². The molecule has 0 unspecified atom stereocenters. The number of hydrogen-bond donors (Lipinski definition) is 1. The minimum Gasteiger partial charge on any atom is -0.468 e. The van der Waals surface area contributed by atoms with Gasteiger partial charge in [-0.05, 0) is 31.1 Å². The minimum absolute atomic E-state index is 0.207. The molecule has 3 aliphatic rings. The number of carbonyl (C=O) groups is 1. The van der Waals surface area contributed by atoms with Crippen LogP contribution < -0.4 is 5.73 Å². The molecule has 0 heterocycles. The summed E-state index contributed by atoms with van der Waals surface area (Å²) in [4.78, 5) is 11.5. The maximum atomic E-state index is 11.5. The second kappa shape index (κ2) is 2.98. The Hall–Kier alpha value is -0.570. The van der Waals surface area contributed by atoms with Crippen LogP contribution in [0, 0.1) is 11.8 Å². The van der Waals surface area contributed by atoms with Crippen molar-refractivity contribution in [2.24, 2.45) is 17.6 Å². The van der Waals surface area contributed by atoms with E-state index in [2.05, 4.69) is 0 Å². The number of esters is 1. The van der Waals surface area contributed by atoms with Gasteiger partial charge in [-0.3, -0.25) is 4.79 Å². The molecule has 3 saturated carbocycles. The highest BCUT2D eigenvalue weighted by molar-refractivity contribution is 5.81. The molecule has 2 bridgehead atoms. The van der Waals surface area contributed by atoms with E-state index < -0.39 is 5.54 Å². The molecule has 3 fully saturated rings. The van der Waals surface area contributed by atoms with Crippen molar-refractivity contribution < 1.29 is 9.53 Å². The smallest absolute Gasteiger partial charge is 0.326 e. The maximum absolute atomic E-state index is 11.5. The number of hydrogen-bond acceptors (Lipinski definition) is 3. The molecular weight excluding hydrogens is 166 g/mol. The number of nitrogens with two attached hydrogens (primary N) is 1. The van der Waals surface area contributed by atoms with Gasteiger partial charge in [0.2, 0.25) is 0 Å². The standard InChI is InChI=1S/C10H17NO2/c1-13-9(12)10(11)6-7-2-4-8(10)5-3-7/h7-8H,2-6,11H2,1H3/t7?,8?,10-/m1/s1. The van der Waals surface area contributed by atoms with E-state index in [0.29, 0.717) is 11.8 Å². The van der Waals surface area contributed by atoms with Crippen molar-refractivity contribution >= 4 is 5.97 Å². The molecule has 3 heteroatoms. The van der Waals surface area contributed by atoms with Crippen molar-refractivity contribution in [1.82, 2.24) is 0 Å². The minimum atomic E-state index is -0.657. The van der Waals surface area contributed by atoms with Crippen LogP contribution in [0.3, 0.4) is 0 Å². The number of carbonyl (C=O) groups excluding carboxylic acids is 1. The Morgan fingerprint density at radius 2 is 2.00 bits per heavy atom. The Bertz CT molecular complexity index is 221. The van der Waals surface area contributed by atoms with Gasteiger partial charge < -0.3 is 10.5 Å². The molecule has 0 aliphatic heterocycles. The fraction of sp³-hybridized carbons (Fsp3) is 0.900. The molecule has 0 saturated heterocycles. The van der Waals surface area contributed by atoms with E-state index in [9.17, 15) is 4.79 Å². The molecule has 3 rings (SSSR count). The van der Waals surface area contributed by atoms with Gasteiger partial charge in [-0.2, -0.15) is 0 Å². The van der Waals surface area contributed by atoms with Crippen LogP contribution in [-0.2, 0) is 9.53 Å². The third kappa shape index (κ3) is 1.26. The van der Waals surface area contributed by atoms with E-state index in [1.54, 1.807) is 0 Å². The summed E-state index contributed by atoms with van der Waals surface area (Å²) in [5.74, 6) is 0.820. The van der Waals surface area contributed by atoms with E-state index in [0.717, 1.165) is 19.3 Å². The van der Waals surface area contributed by atoms with Crippen LogP contribution in [0.15, 0.2) is 0 Å². The summed E-state index contributed by atoms with van der Waals surface area (Å²) in [6.07, 6.45) is 5.55. The van der Waals surface area contributed by atoms with E-state index in [-0.39, 0.29) is 5.97 Å². The van der Waals surface area contributed by atoms with Gasteiger partial charge >= 0.3 is 5.97 Å². The van der Waals surface area contributed by atoms with Crippen LogP contribution in [0.2, 0.25) is 0 Å². The molecule has 0 aromatic carbocycles. The third-order valence-electron chi connectivity index (χ3n) is 3.77. The lowest BCUT2D eigenvalue weighted by Crippen LogP contribution is -2.60. The molecular formula is C10H17NO2. The zero-order chi connectivity index (χ0) is 9.47. The Labute approximate surface area is 78.6 Å². The summed E-state index contributed by atoms with van der Waals surface area (Å²) >= 11 is 0. The average Bonchev–Trinajstić information content (AvgIpc) is 2.18. The number of fused-ring (bicyclic) bond motifs is 3. The van der Waals surface area contributed by atoms with Crippen LogP contribution in [-0.4, -0.2) is 18.6 Å². The van der Waals surface area contributed by atoms with E-state index in [1.165, 1.54) is 20.0 Å². The Morgan fingerprint density at radius 1 is 1.38 bits per heavy atom. The quantitative estimate of drug-likeness (QED) is 0.618. The van der Waals surface area contributed by atoms with Crippen molar-refractivity contribution in [3.05, 3.63) is 0 Å². The van der Waals surface area contributed by atoms with Crippen LogP contribution in [0.4, 0.5) is 0 Å². The molecule has 74 valence electrons. The second-order valence-corrected chi connectivity index (χ2v) is 4.45. The summed E-state index contributed by atoms with van der Waals surface area (Å²) < 4.78 is 4.78. The van der Waals surface area contributed by atoms with Crippen LogP contribution in [0.25, 0.3) is 0 Å². The van der Waals surface area contributed by atoms with Gasteiger partial charge in [-0.25, -0.2) is 0 Å². The van der Waals surface area contributed by atoms with E-state index in [4.69, 9.17) is 10.5 Å². The zero-order valence-electron chi connectivity index (χ0n) is 8.08. The molecule has 3 aliphatic carbocycles. The SMILES string of the molecule is COC(=O)[C@@]1(N)CC2CCC1CC2. The van der Waals surface area contributed by atoms with Crippen molar-refractivity contribution in [3.63, 3.8) is 0 Å². The first-order valence-electron chi connectivity index (χ1n) is 5.04. The molecule has 2 N–H and O–H groups in total. The van der Waals surface area contributed by atoms with Crippen LogP contribution in [0.1, 0.15) is 32.1 Å². The maximum Gasteiger partial charge on any atom is 0.326 e. The molecule has 0 amide bonds. The van der Waals surface area contributed by atoms with Gasteiger partial charge in [0.25, 0.3) is 0 Å². The molecule has 0 aromatic heterocycles. The first-order valence-corrected chi connectivity index (χ1v) is 5.04. The lowest BCUT2D eigenvalue weighted by Gasteiger charge is -2.47. The van der Waals surface area contributed by atoms with E-state index in [1.807, 2.05) is 0 Å². The van der Waals surface area contributed by atoms with Gasteiger partial charge in [0.05, 0.1) is 7.11 Å². The van der Waals surface area contributed by atoms with E-state index >= 15 is 0 Å².